The summed E-state index contributed by atoms with van der Waals surface area (Å²) in [5.41, 5.74) is -5.45. The topological polar surface area (TPSA) is 433 Å². The van der Waals surface area contributed by atoms with Crippen LogP contribution >= 0.6 is 0 Å². The van der Waals surface area contributed by atoms with Crippen LogP contribution < -0.4 is 0 Å². The summed E-state index contributed by atoms with van der Waals surface area (Å²) in [5, 5.41) is 147. The molecule has 0 radical (unpaired) electrons. The Morgan fingerprint density at radius 1 is 0.600 bits per heavy atom. The number of aliphatic hydroxyl groups excluding tert-OH is 12. The second-order valence-electron chi connectivity index (χ2n) is 28.6. The molecule has 9 aliphatic rings. The number of fused-ring (bicyclic) bond motifs is 7. The summed E-state index contributed by atoms with van der Waals surface area (Å²) in [5.74, 6) is -5.23. The molecule has 90 heavy (non-hydrogen) atoms. The minimum absolute atomic E-state index is 0.183. The van der Waals surface area contributed by atoms with Gasteiger partial charge in [-0.25, -0.2) is 9.59 Å². The first-order valence-electron chi connectivity index (χ1n) is 31.3. The first-order valence-corrected chi connectivity index (χ1v) is 31.3. The third-order valence-electron chi connectivity index (χ3n) is 23.0. The van der Waals surface area contributed by atoms with Crippen molar-refractivity contribution < 1.29 is 138 Å². The highest BCUT2D eigenvalue weighted by Gasteiger charge is 2.76. The first kappa shape index (κ1) is 70.9. The lowest BCUT2D eigenvalue weighted by Crippen LogP contribution is -2.77. The Bertz CT molecular complexity index is 2690. The Hall–Kier alpha value is -3.44. The molecule has 4 heterocycles. The van der Waals surface area contributed by atoms with Crippen molar-refractivity contribution in [2.45, 2.75) is 269 Å². The van der Waals surface area contributed by atoms with E-state index in [-0.39, 0.29) is 30.3 Å². The summed E-state index contributed by atoms with van der Waals surface area (Å²) >= 11 is 0. The van der Waals surface area contributed by atoms with Gasteiger partial charge in [0.1, 0.15) is 79.4 Å². The van der Waals surface area contributed by atoms with Crippen LogP contribution in [0.2, 0.25) is 0 Å². The van der Waals surface area contributed by atoms with Gasteiger partial charge in [-0.15, -0.1) is 0 Å². The van der Waals surface area contributed by atoms with Gasteiger partial charge in [-0.3, -0.25) is 9.59 Å². The van der Waals surface area contributed by atoms with Crippen molar-refractivity contribution in [3.63, 3.8) is 0 Å². The van der Waals surface area contributed by atoms with E-state index in [0.717, 1.165) is 19.4 Å². The van der Waals surface area contributed by atoms with Crippen molar-refractivity contribution >= 4 is 23.9 Å². The molecular formula is C62H96O28. The van der Waals surface area contributed by atoms with Crippen LogP contribution in [0, 0.1) is 50.2 Å². The van der Waals surface area contributed by atoms with Gasteiger partial charge < -0.3 is 118 Å². The number of carbonyl (C=O) groups excluding carboxylic acids is 3. The molecule has 0 aromatic heterocycles. The SMILES string of the molecule is C/C=C(/C)C(=O)O[C@H]1[C@@H](O[C@H]2O[C@@H](C)[C@H](OC(C)=O)[C@@H](OC(C)=O)[C@@H]2O)[C@@]2(CO)C(CC1(C)C)C1=CCC3[C@@]4(C)CC[C@H](O[C@H]5O[C@H](C(=O)O)[C@@H](O)[C@H](O[C@H]6O[C@H](CO)[C@@H](O)[C@@H]6O)[C@H]5O[C@@H]5O[C@H](CO)[C@H](O)[C@H](O)[C@H]5O)C(C)(C)C4CC[C@@]3(C)[C@]1(C)[C@H](O)[C@@H]2O. The molecule has 0 aromatic rings. The van der Waals surface area contributed by atoms with Gasteiger partial charge in [0.05, 0.1) is 49.7 Å². The molecule has 31 atom stereocenters. The second-order valence-corrected chi connectivity index (χ2v) is 28.6. The van der Waals surface area contributed by atoms with Gasteiger partial charge in [0.2, 0.25) is 0 Å². The molecule has 4 saturated carbocycles. The fraction of sp³-hybridized carbons (Fsp3) is 0.871. The van der Waals surface area contributed by atoms with E-state index in [1.54, 1.807) is 19.9 Å². The molecule has 8 fully saturated rings. The van der Waals surface area contributed by atoms with Crippen LogP contribution in [0.3, 0.4) is 0 Å². The van der Waals surface area contributed by atoms with E-state index >= 15 is 0 Å². The predicted octanol–water partition coefficient (Wildman–Crippen LogP) is -1.26. The summed E-state index contributed by atoms with van der Waals surface area (Å²) in [4.78, 5) is 51.8. The molecule has 0 bridgehead atoms. The molecule has 9 rings (SSSR count). The average Bonchev–Trinajstić information content (AvgIpc) is 0.675. The number of rotatable bonds is 16. The minimum Gasteiger partial charge on any atom is -0.479 e. The predicted molar refractivity (Wildman–Crippen MR) is 304 cm³/mol. The Morgan fingerprint density at radius 2 is 1.17 bits per heavy atom. The summed E-state index contributed by atoms with van der Waals surface area (Å²) < 4.78 is 67.1. The van der Waals surface area contributed by atoms with Crippen LogP contribution in [0.15, 0.2) is 23.3 Å². The normalized spacial score (nSPS) is 49.8. The average molecular weight is 1290 g/mol. The zero-order chi connectivity index (χ0) is 66.6. The summed E-state index contributed by atoms with van der Waals surface area (Å²) in [7, 11) is 0. The van der Waals surface area contributed by atoms with Gasteiger partial charge in [-0.2, -0.15) is 0 Å². The van der Waals surface area contributed by atoms with E-state index in [1.807, 2.05) is 34.6 Å². The molecule has 28 nitrogen and oxygen atoms in total. The number of carboxylic acid groups (broad SMARTS) is 1. The maximum Gasteiger partial charge on any atom is 0.335 e. The number of ether oxygens (including phenoxy) is 11. The third kappa shape index (κ3) is 11.5. The van der Waals surface area contributed by atoms with E-state index < -0.39 is 229 Å². The van der Waals surface area contributed by atoms with Crippen molar-refractivity contribution in [2.75, 3.05) is 19.8 Å². The van der Waals surface area contributed by atoms with Gasteiger partial charge in [0.25, 0.3) is 0 Å². The molecule has 4 aliphatic heterocycles. The van der Waals surface area contributed by atoms with Crippen molar-refractivity contribution in [1.29, 1.82) is 0 Å². The standard InChI is InChI=1S/C62H96O28/c1-13-24(2)52(79)89-49-50(90-55-41(74)44(82-27(5)67)42(25(3)80-55)81-26(4)66)62(23-65)29(20-57(49,6)7)28-14-15-33-59(10)18-17-34(58(8,9)32(59)16-19-60(33,11)61(28,12)47(75)48(62)76)85-56-46(88-54-39(72)37(70)35(68)30(21-63)83-54)43(40(73)45(87-56)51(77)78)86-53-38(71)36(69)31(22-64)84-53/h13-14,25,29-50,53-56,63-65,68-76H,15-23H2,1-12H3,(H,77,78)/b24-13-/t25-,29?,30+,31+,32?,33?,34-,35-,36+,37-,38-,39+,40-,41-,42-,43-,44-,45-,46+,47+,48-,49-,50+,53+,54-,55+,56-,59-,60+,61-,62-/m0/s1. The number of hydrogen-bond donors (Lipinski definition) is 13. The zero-order valence-corrected chi connectivity index (χ0v) is 53.0. The monoisotopic (exact) mass is 1290 g/mol. The van der Waals surface area contributed by atoms with Gasteiger partial charge in [0.15, 0.2) is 43.5 Å². The lowest BCUT2D eigenvalue weighted by molar-refractivity contribution is -0.386. The van der Waals surface area contributed by atoms with E-state index in [4.69, 9.17) is 52.1 Å². The number of aliphatic carboxylic acids is 1. The number of allylic oxidation sites excluding steroid dienone is 2. The molecule has 4 saturated heterocycles. The number of hydrogen-bond acceptors (Lipinski definition) is 27. The fourth-order valence-electron chi connectivity index (χ4n) is 17.9. The molecule has 5 aliphatic carbocycles. The lowest BCUT2D eigenvalue weighted by Gasteiger charge is -2.73. The van der Waals surface area contributed by atoms with Crippen LogP contribution in [0.25, 0.3) is 0 Å². The van der Waals surface area contributed by atoms with Crippen molar-refractivity contribution in [1.82, 2.24) is 0 Å². The highest BCUT2D eigenvalue weighted by atomic mass is 16.8. The Labute approximate surface area is 522 Å². The second kappa shape index (κ2) is 25.9. The Balaban J connectivity index is 1.06. The number of carboxylic acids is 1. The van der Waals surface area contributed by atoms with Crippen molar-refractivity contribution in [2.24, 2.45) is 50.2 Å². The quantitative estimate of drug-likeness (QED) is 0.0282. The Morgan fingerprint density at radius 3 is 1.73 bits per heavy atom. The molecule has 512 valence electrons. The van der Waals surface area contributed by atoms with Gasteiger partial charge in [-0.05, 0) is 93.3 Å². The summed E-state index contributed by atoms with van der Waals surface area (Å²) in [6.45, 7) is 18.4. The number of carbonyl (C=O) groups is 4. The molecular weight excluding hydrogens is 1190 g/mol. The Kier molecular flexibility index (Phi) is 20.4. The number of esters is 3. The van der Waals surface area contributed by atoms with Crippen molar-refractivity contribution in [3.8, 4) is 0 Å². The first-order chi connectivity index (χ1) is 42.0. The smallest absolute Gasteiger partial charge is 0.335 e. The summed E-state index contributed by atoms with van der Waals surface area (Å²) in [6.07, 6.45) is -34.5. The van der Waals surface area contributed by atoms with Crippen molar-refractivity contribution in [3.05, 3.63) is 23.3 Å². The van der Waals surface area contributed by atoms with E-state index in [2.05, 4.69) is 19.9 Å². The molecule has 13 N–H and O–H groups in total. The van der Waals surface area contributed by atoms with Crippen LogP contribution in [0.4, 0.5) is 0 Å². The van der Waals surface area contributed by atoms with Gasteiger partial charge in [-0.1, -0.05) is 66.2 Å². The number of aliphatic hydroxyl groups is 12. The molecule has 0 spiro atoms. The van der Waals surface area contributed by atoms with Gasteiger partial charge in [0, 0.05) is 30.3 Å². The minimum atomic E-state index is -2.16. The lowest BCUT2D eigenvalue weighted by atomic mass is 9.32. The van der Waals surface area contributed by atoms with Crippen LogP contribution in [0.1, 0.15) is 122 Å². The largest absolute Gasteiger partial charge is 0.479 e. The van der Waals surface area contributed by atoms with E-state index in [9.17, 15) is 85.6 Å². The van der Waals surface area contributed by atoms with Gasteiger partial charge >= 0.3 is 23.9 Å². The molecule has 28 heteroatoms. The maximum absolute atomic E-state index is 14.0. The van der Waals surface area contributed by atoms with Crippen LogP contribution in [-0.2, 0) is 71.3 Å². The molecule has 0 amide bonds. The van der Waals surface area contributed by atoms with Crippen LogP contribution in [0.5, 0.6) is 0 Å². The molecule has 3 unspecified atom stereocenters. The summed E-state index contributed by atoms with van der Waals surface area (Å²) in [6, 6.07) is 0. The maximum atomic E-state index is 14.0. The highest BCUT2D eigenvalue weighted by molar-refractivity contribution is 5.87. The van der Waals surface area contributed by atoms with E-state index in [0.29, 0.717) is 25.7 Å². The van der Waals surface area contributed by atoms with E-state index in [1.165, 1.54) is 6.92 Å². The van der Waals surface area contributed by atoms with Crippen LogP contribution in [-0.4, -0.2) is 257 Å². The molecule has 0 aromatic carbocycles. The zero-order valence-electron chi connectivity index (χ0n) is 53.0. The fourth-order valence-corrected chi connectivity index (χ4v) is 17.9. The highest BCUT2D eigenvalue weighted by Crippen LogP contribution is 2.76. The third-order valence-corrected chi connectivity index (χ3v) is 23.0.